The maximum absolute atomic E-state index is 11.9. The Bertz CT molecular complexity index is 591. The van der Waals surface area contributed by atoms with E-state index in [0.29, 0.717) is 12.0 Å². The van der Waals surface area contributed by atoms with Gasteiger partial charge >= 0.3 is 5.97 Å². The number of rotatable bonds is 4. The van der Waals surface area contributed by atoms with Crippen LogP contribution in [0.2, 0.25) is 0 Å². The molecule has 0 saturated carbocycles. The highest BCUT2D eigenvalue weighted by Gasteiger charge is 2.18. The van der Waals surface area contributed by atoms with E-state index in [0.717, 1.165) is 10.9 Å². The first-order valence-corrected chi connectivity index (χ1v) is 5.58. The summed E-state index contributed by atoms with van der Waals surface area (Å²) in [4.78, 5) is 22.7. The molecule has 0 unspecified atom stereocenters. The zero-order chi connectivity index (χ0) is 13.1. The van der Waals surface area contributed by atoms with Gasteiger partial charge in [0.25, 0.3) is 5.91 Å². The highest BCUT2D eigenvalue weighted by atomic mass is 16.4. The number of nitrogens with zero attached hydrogens (tertiary/aromatic N) is 1. The minimum atomic E-state index is -1.03. The fraction of sp³-hybridized carbons (Fsp3) is 0.250. The summed E-state index contributed by atoms with van der Waals surface area (Å²) < 4.78 is 0. The molecule has 1 atom stereocenters. The van der Waals surface area contributed by atoms with Gasteiger partial charge in [0.1, 0.15) is 6.04 Å². The molecule has 0 spiro atoms. The summed E-state index contributed by atoms with van der Waals surface area (Å²) in [5, 5.41) is 18.8. The molecule has 94 valence electrons. The molecular formula is C12H13N3O3. The van der Waals surface area contributed by atoms with Crippen molar-refractivity contribution in [3.8, 4) is 0 Å². The van der Waals surface area contributed by atoms with E-state index in [1.807, 2.05) is 0 Å². The molecule has 6 heteroatoms. The molecule has 1 aromatic heterocycles. The number of hydrogen-bond acceptors (Lipinski definition) is 3. The van der Waals surface area contributed by atoms with E-state index < -0.39 is 17.9 Å². The largest absolute Gasteiger partial charge is 0.480 e. The Labute approximate surface area is 103 Å². The minimum absolute atomic E-state index is 0.342. The van der Waals surface area contributed by atoms with E-state index >= 15 is 0 Å². The van der Waals surface area contributed by atoms with Gasteiger partial charge in [0.15, 0.2) is 0 Å². The highest BCUT2D eigenvalue weighted by Crippen LogP contribution is 2.13. The minimum Gasteiger partial charge on any atom is -0.480 e. The van der Waals surface area contributed by atoms with E-state index in [1.54, 1.807) is 31.3 Å². The molecule has 18 heavy (non-hydrogen) atoms. The lowest BCUT2D eigenvalue weighted by molar-refractivity contribution is -0.139. The zero-order valence-corrected chi connectivity index (χ0v) is 9.80. The third-order valence-electron chi connectivity index (χ3n) is 2.71. The van der Waals surface area contributed by atoms with Gasteiger partial charge in [-0.15, -0.1) is 0 Å². The normalized spacial score (nSPS) is 12.3. The van der Waals surface area contributed by atoms with E-state index in [2.05, 4.69) is 15.5 Å². The third kappa shape index (κ3) is 2.32. The molecule has 0 bridgehead atoms. The average Bonchev–Trinajstić information content (AvgIpc) is 2.82. The maximum atomic E-state index is 11.9. The van der Waals surface area contributed by atoms with Crippen LogP contribution in [0.3, 0.4) is 0 Å². The monoisotopic (exact) mass is 247 g/mol. The summed E-state index contributed by atoms with van der Waals surface area (Å²) in [6, 6.07) is 4.17. The van der Waals surface area contributed by atoms with Crippen molar-refractivity contribution in [1.82, 2.24) is 15.5 Å². The van der Waals surface area contributed by atoms with E-state index in [1.165, 1.54) is 0 Å². The van der Waals surface area contributed by atoms with Crippen molar-refractivity contribution >= 4 is 22.8 Å². The van der Waals surface area contributed by atoms with Gasteiger partial charge in [0.2, 0.25) is 0 Å². The Kier molecular flexibility index (Phi) is 3.27. The molecule has 2 aromatic rings. The maximum Gasteiger partial charge on any atom is 0.326 e. The molecule has 0 aliphatic rings. The van der Waals surface area contributed by atoms with Crippen LogP contribution in [0, 0.1) is 0 Å². The Morgan fingerprint density at radius 3 is 2.94 bits per heavy atom. The number of aromatic amines is 1. The lowest BCUT2D eigenvalue weighted by Gasteiger charge is -2.12. The summed E-state index contributed by atoms with van der Waals surface area (Å²) in [5.41, 5.74) is 1.25. The van der Waals surface area contributed by atoms with Gasteiger partial charge < -0.3 is 10.4 Å². The van der Waals surface area contributed by atoms with Crippen LogP contribution in [0.5, 0.6) is 0 Å². The summed E-state index contributed by atoms with van der Waals surface area (Å²) in [7, 11) is 0. The fourth-order valence-corrected chi connectivity index (χ4v) is 1.66. The van der Waals surface area contributed by atoms with Crippen molar-refractivity contribution in [2.75, 3.05) is 0 Å². The predicted molar refractivity (Wildman–Crippen MR) is 65.3 cm³/mol. The van der Waals surface area contributed by atoms with Crippen LogP contribution in [0.25, 0.3) is 10.9 Å². The number of nitrogens with one attached hydrogen (secondary N) is 2. The summed E-state index contributed by atoms with van der Waals surface area (Å²) in [6.45, 7) is 1.71. The first-order chi connectivity index (χ1) is 8.61. The molecule has 1 aromatic carbocycles. The quantitative estimate of drug-likeness (QED) is 0.755. The second kappa shape index (κ2) is 4.87. The molecule has 0 fully saturated rings. The molecule has 0 saturated heterocycles. The van der Waals surface area contributed by atoms with E-state index in [4.69, 9.17) is 5.11 Å². The number of carbonyl (C=O) groups is 2. The van der Waals surface area contributed by atoms with Gasteiger partial charge in [-0.05, 0) is 24.6 Å². The van der Waals surface area contributed by atoms with Gasteiger partial charge in [0, 0.05) is 10.9 Å². The highest BCUT2D eigenvalue weighted by molar-refractivity contribution is 5.99. The summed E-state index contributed by atoms with van der Waals surface area (Å²) >= 11 is 0. The Balaban J connectivity index is 2.19. The van der Waals surface area contributed by atoms with Gasteiger partial charge in [-0.3, -0.25) is 9.89 Å². The molecule has 2 rings (SSSR count). The number of hydrogen-bond donors (Lipinski definition) is 3. The molecule has 0 aliphatic carbocycles. The molecule has 6 nitrogen and oxygen atoms in total. The average molecular weight is 247 g/mol. The fourth-order valence-electron chi connectivity index (χ4n) is 1.66. The standard InChI is InChI=1S/C12H13N3O3/c1-2-9(12(17)18)14-11(16)7-3-4-10-8(5-7)6-13-15-10/h3-6,9H,2H2,1H3,(H,13,15)(H,14,16)(H,17,18)/t9-/m1/s1. The summed E-state index contributed by atoms with van der Waals surface area (Å²) in [6.07, 6.45) is 1.95. The van der Waals surface area contributed by atoms with Crippen LogP contribution in [-0.4, -0.2) is 33.2 Å². The number of aromatic nitrogens is 2. The molecule has 1 amide bonds. The lowest BCUT2D eigenvalue weighted by atomic mass is 10.1. The summed E-state index contributed by atoms with van der Waals surface area (Å²) in [5.74, 6) is -1.43. The smallest absolute Gasteiger partial charge is 0.326 e. The Morgan fingerprint density at radius 1 is 1.50 bits per heavy atom. The van der Waals surface area contributed by atoms with Crippen LogP contribution >= 0.6 is 0 Å². The van der Waals surface area contributed by atoms with Gasteiger partial charge in [-0.1, -0.05) is 6.92 Å². The second-order valence-electron chi connectivity index (χ2n) is 3.94. The first-order valence-electron chi connectivity index (χ1n) is 5.58. The number of H-pyrrole nitrogens is 1. The first kappa shape index (κ1) is 12.1. The van der Waals surface area contributed by atoms with Crippen molar-refractivity contribution in [2.24, 2.45) is 0 Å². The molecular weight excluding hydrogens is 234 g/mol. The zero-order valence-electron chi connectivity index (χ0n) is 9.80. The molecule has 3 N–H and O–H groups in total. The predicted octanol–water partition coefficient (Wildman–Crippen LogP) is 1.16. The van der Waals surface area contributed by atoms with Crippen molar-refractivity contribution in [1.29, 1.82) is 0 Å². The van der Waals surface area contributed by atoms with Crippen molar-refractivity contribution in [3.05, 3.63) is 30.0 Å². The number of fused-ring (bicyclic) bond motifs is 1. The van der Waals surface area contributed by atoms with Crippen molar-refractivity contribution < 1.29 is 14.7 Å². The van der Waals surface area contributed by atoms with Crippen LogP contribution in [0.1, 0.15) is 23.7 Å². The number of benzene rings is 1. The Hall–Kier alpha value is -2.37. The third-order valence-corrected chi connectivity index (χ3v) is 2.71. The van der Waals surface area contributed by atoms with E-state index in [9.17, 15) is 9.59 Å². The SMILES string of the molecule is CC[C@@H](NC(=O)c1ccc2[nH]ncc2c1)C(=O)O. The van der Waals surface area contributed by atoms with Gasteiger partial charge in [0.05, 0.1) is 11.7 Å². The van der Waals surface area contributed by atoms with Crippen LogP contribution in [0.15, 0.2) is 24.4 Å². The molecule has 0 aliphatic heterocycles. The lowest BCUT2D eigenvalue weighted by Crippen LogP contribution is -2.40. The Morgan fingerprint density at radius 2 is 2.28 bits per heavy atom. The van der Waals surface area contributed by atoms with Gasteiger partial charge in [-0.25, -0.2) is 4.79 Å². The van der Waals surface area contributed by atoms with Crippen molar-refractivity contribution in [3.63, 3.8) is 0 Å². The number of carbonyl (C=O) groups excluding carboxylic acids is 1. The number of carboxylic acid groups (broad SMARTS) is 1. The molecule has 1 heterocycles. The van der Waals surface area contributed by atoms with Crippen LogP contribution in [-0.2, 0) is 4.79 Å². The van der Waals surface area contributed by atoms with Gasteiger partial charge in [-0.2, -0.15) is 5.10 Å². The molecule has 0 radical (unpaired) electrons. The number of carboxylic acids is 1. The second-order valence-corrected chi connectivity index (χ2v) is 3.94. The number of amides is 1. The topological polar surface area (TPSA) is 95.1 Å². The van der Waals surface area contributed by atoms with Crippen molar-refractivity contribution in [2.45, 2.75) is 19.4 Å². The van der Waals surface area contributed by atoms with Crippen LogP contribution in [0.4, 0.5) is 0 Å². The van der Waals surface area contributed by atoms with Crippen LogP contribution < -0.4 is 5.32 Å². The van der Waals surface area contributed by atoms with E-state index in [-0.39, 0.29) is 0 Å². The number of aliphatic carboxylic acids is 1.